The maximum atomic E-state index is 13.1. The molecule has 33 heavy (non-hydrogen) atoms. The number of ether oxygens (including phenoxy) is 1. The number of benzene rings is 2. The number of hydrogen-bond acceptors (Lipinski definition) is 6. The summed E-state index contributed by atoms with van der Waals surface area (Å²) in [4.78, 5) is 27.4. The zero-order chi connectivity index (χ0) is 23.3. The van der Waals surface area contributed by atoms with Crippen LogP contribution >= 0.6 is 12.4 Å². The molecule has 1 amide bonds. The number of sulfone groups is 1. The van der Waals surface area contributed by atoms with Gasteiger partial charge in [-0.1, -0.05) is 0 Å². The molecule has 0 spiro atoms. The molecule has 0 atom stereocenters. The van der Waals surface area contributed by atoms with Crippen LogP contribution in [0.25, 0.3) is 0 Å². The molecule has 10 heteroatoms. The highest BCUT2D eigenvalue weighted by Gasteiger charge is 2.26. The number of likely N-dealkylation sites (tertiary alicyclic amines) is 1. The number of nitrogens with zero attached hydrogens (tertiary/aromatic N) is 1. The number of nitrogens with one attached hydrogen (secondary N) is 1. The maximum absolute atomic E-state index is 13.1. The minimum Gasteiger partial charge on any atom is -0.496 e. The molecule has 1 heterocycles. The number of methoxy groups -OCH3 is 1. The lowest BCUT2D eigenvalue weighted by atomic mass is 9.89. The Labute approximate surface area is 199 Å². The summed E-state index contributed by atoms with van der Waals surface area (Å²) in [5.74, 6) is -0.520. The van der Waals surface area contributed by atoms with Gasteiger partial charge < -0.3 is 15.0 Å². The van der Waals surface area contributed by atoms with Crippen molar-refractivity contribution in [3.63, 3.8) is 0 Å². The quantitative estimate of drug-likeness (QED) is 0.562. The molecule has 7 nitrogen and oxygen atoms in total. The van der Waals surface area contributed by atoms with Crippen molar-refractivity contribution in [1.82, 2.24) is 10.2 Å². The Balaban J connectivity index is 0.00000385. The van der Waals surface area contributed by atoms with Crippen LogP contribution in [0.4, 0.5) is 4.39 Å². The van der Waals surface area contributed by atoms with Crippen molar-refractivity contribution in [1.29, 1.82) is 0 Å². The Morgan fingerprint density at radius 1 is 1.12 bits per heavy atom. The summed E-state index contributed by atoms with van der Waals surface area (Å²) in [7, 11) is -2.03. The lowest BCUT2D eigenvalue weighted by Gasteiger charge is -2.31. The fourth-order valence-electron chi connectivity index (χ4n) is 3.79. The molecular formula is C23H28ClFN2O5S. The number of rotatable bonds is 8. The van der Waals surface area contributed by atoms with Crippen LogP contribution in [-0.2, 0) is 9.84 Å². The van der Waals surface area contributed by atoms with E-state index in [1.807, 2.05) is 0 Å². The first-order chi connectivity index (χ1) is 15.2. The second kappa shape index (κ2) is 11.6. The minimum atomic E-state index is -3.45. The largest absolute Gasteiger partial charge is 0.496 e. The summed E-state index contributed by atoms with van der Waals surface area (Å²) < 4.78 is 41.8. The summed E-state index contributed by atoms with van der Waals surface area (Å²) in [6.07, 6.45) is 2.49. The van der Waals surface area contributed by atoms with Crippen molar-refractivity contribution in [2.45, 2.75) is 17.7 Å². The molecule has 0 aromatic heterocycles. The third kappa shape index (κ3) is 6.99. The fraction of sp³-hybridized carbons (Fsp3) is 0.391. The third-order valence-corrected chi connectivity index (χ3v) is 6.75. The molecule has 1 fully saturated rings. The van der Waals surface area contributed by atoms with E-state index in [0.717, 1.165) is 19.3 Å². The van der Waals surface area contributed by atoms with Gasteiger partial charge in [-0.3, -0.25) is 9.59 Å². The summed E-state index contributed by atoms with van der Waals surface area (Å²) in [6, 6.07) is 9.82. The van der Waals surface area contributed by atoms with Gasteiger partial charge in [-0.05, 0) is 68.4 Å². The van der Waals surface area contributed by atoms with Crippen LogP contribution < -0.4 is 10.1 Å². The molecule has 0 bridgehead atoms. The first-order valence-electron chi connectivity index (χ1n) is 10.4. The Kier molecular flexibility index (Phi) is 9.39. The zero-order valence-corrected chi connectivity index (χ0v) is 20.2. The van der Waals surface area contributed by atoms with E-state index < -0.39 is 15.7 Å². The molecule has 180 valence electrons. The molecule has 0 aliphatic carbocycles. The van der Waals surface area contributed by atoms with Gasteiger partial charge in [0, 0.05) is 30.8 Å². The average Bonchev–Trinajstić information content (AvgIpc) is 2.78. The monoisotopic (exact) mass is 498 g/mol. The standard InChI is InChI=1S/C23H27FN2O5S.ClH/c1-31-21-8-7-19(32(2,29)30)15-20(21)23(28)25-11-14-26-12-9-17(10-13-26)22(27)16-3-5-18(24)6-4-16;/h3-8,15,17H,9-14H2,1-2H3,(H,25,28);1H. The highest BCUT2D eigenvalue weighted by atomic mass is 35.5. The van der Waals surface area contributed by atoms with Gasteiger partial charge in [-0.25, -0.2) is 12.8 Å². The molecule has 2 aromatic carbocycles. The van der Waals surface area contributed by atoms with E-state index in [1.54, 1.807) is 0 Å². The van der Waals surface area contributed by atoms with Gasteiger partial charge in [0.2, 0.25) is 0 Å². The van der Waals surface area contributed by atoms with Gasteiger partial charge in [0.25, 0.3) is 5.91 Å². The van der Waals surface area contributed by atoms with E-state index in [1.165, 1.54) is 49.6 Å². The van der Waals surface area contributed by atoms with Crippen molar-refractivity contribution in [3.05, 3.63) is 59.4 Å². The van der Waals surface area contributed by atoms with Gasteiger partial charge in [0.1, 0.15) is 11.6 Å². The predicted molar refractivity (Wildman–Crippen MR) is 126 cm³/mol. The number of hydrogen-bond donors (Lipinski definition) is 1. The smallest absolute Gasteiger partial charge is 0.255 e. The number of carbonyl (C=O) groups excluding carboxylic acids is 2. The van der Waals surface area contributed by atoms with Crippen LogP contribution in [-0.4, -0.2) is 64.6 Å². The van der Waals surface area contributed by atoms with Gasteiger partial charge in [-0.15, -0.1) is 12.4 Å². The second-order valence-corrected chi connectivity index (χ2v) is 9.89. The number of ketones is 1. The van der Waals surface area contributed by atoms with Crippen LogP contribution in [0.3, 0.4) is 0 Å². The molecular weight excluding hydrogens is 471 g/mol. The molecule has 0 unspecified atom stereocenters. The third-order valence-electron chi connectivity index (χ3n) is 5.64. The van der Waals surface area contributed by atoms with Crippen LogP contribution in [0.2, 0.25) is 0 Å². The van der Waals surface area contributed by atoms with E-state index >= 15 is 0 Å². The number of carbonyl (C=O) groups is 2. The first kappa shape index (κ1) is 26.8. The minimum absolute atomic E-state index is 0. The number of amides is 1. The number of halogens is 2. The summed E-state index contributed by atoms with van der Waals surface area (Å²) in [5, 5.41) is 2.81. The number of Topliss-reactive ketones (excluding diaryl/α,β-unsaturated/α-hetero) is 1. The molecule has 1 aliphatic heterocycles. The lowest BCUT2D eigenvalue weighted by molar-refractivity contribution is 0.0839. The summed E-state index contributed by atoms with van der Waals surface area (Å²) in [6.45, 7) is 2.43. The van der Waals surface area contributed by atoms with Crippen LogP contribution in [0.1, 0.15) is 33.6 Å². The van der Waals surface area contributed by atoms with Gasteiger partial charge in [-0.2, -0.15) is 0 Å². The van der Waals surface area contributed by atoms with Crippen molar-refractivity contribution in [3.8, 4) is 5.75 Å². The Bertz CT molecular complexity index is 1080. The normalized spacial score (nSPS) is 14.9. The van der Waals surface area contributed by atoms with Crippen molar-refractivity contribution in [2.75, 3.05) is 39.5 Å². The topological polar surface area (TPSA) is 92.8 Å². The average molecular weight is 499 g/mol. The zero-order valence-electron chi connectivity index (χ0n) is 18.5. The maximum Gasteiger partial charge on any atom is 0.255 e. The van der Waals surface area contributed by atoms with Crippen LogP contribution in [0, 0.1) is 11.7 Å². The van der Waals surface area contributed by atoms with E-state index in [-0.39, 0.29) is 40.4 Å². The molecule has 0 saturated carbocycles. The molecule has 0 radical (unpaired) electrons. The van der Waals surface area contributed by atoms with Gasteiger partial charge in [0.15, 0.2) is 15.6 Å². The Morgan fingerprint density at radius 3 is 2.33 bits per heavy atom. The predicted octanol–water partition coefficient (Wildman–Crippen LogP) is 2.98. The fourth-order valence-corrected chi connectivity index (χ4v) is 4.43. The van der Waals surface area contributed by atoms with Crippen molar-refractivity contribution < 1.29 is 27.1 Å². The van der Waals surface area contributed by atoms with Crippen molar-refractivity contribution in [2.24, 2.45) is 5.92 Å². The first-order valence-corrected chi connectivity index (χ1v) is 12.3. The van der Waals surface area contributed by atoms with Crippen LogP contribution in [0.5, 0.6) is 5.75 Å². The number of piperidine rings is 1. The van der Waals surface area contributed by atoms with E-state index in [4.69, 9.17) is 4.74 Å². The molecule has 1 saturated heterocycles. The second-order valence-electron chi connectivity index (χ2n) is 7.88. The highest BCUT2D eigenvalue weighted by Crippen LogP contribution is 2.23. The van der Waals surface area contributed by atoms with Crippen molar-refractivity contribution >= 4 is 33.9 Å². The molecule has 1 N–H and O–H groups in total. The molecule has 2 aromatic rings. The van der Waals surface area contributed by atoms with Gasteiger partial charge >= 0.3 is 0 Å². The Morgan fingerprint density at radius 2 is 1.76 bits per heavy atom. The summed E-state index contributed by atoms with van der Waals surface area (Å²) >= 11 is 0. The molecule has 1 aliphatic rings. The van der Waals surface area contributed by atoms with E-state index in [2.05, 4.69) is 10.2 Å². The molecule has 3 rings (SSSR count). The highest BCUT2D eigenvalue weighted by molar-refractivity contribution is 7.90. The lowest BCUT2D eigenvalue weighted by Crippen LogP contribution is -2.41. The van der Waals surface area contributed by atoms with E-state index in [9.17, 15) is 22.4 Å². The van der Waals surface area contributed by atoms with E-state index in [0.29, 0.717) is 37.2 Å². The van der Waals surface area contributed by atoms with Gasteiger partial charge in [0.05, 0.1) is 17.6 Å². The van der Waals surface area contributed by atoms with Crippen LogP contribution in [0.15, 0.2) is 47.4 Å². The summed E-state index contributed by atoms with van der Waals surface area (Å²) in [5.41, 5.74) is 0.696. The SMILES string of the molecule is COc1ccc(S(C)(=O)=O)cc1C(=O)NCCN1CCC(C(=O)c2ccc(F)cc2)CC1.Cl. The Hall–Kier alpha value is -2.49.